The number of rotatable bonds is 11. The average molecular weight is 470 g/mol. The summed E-state index contributed by atoms with van der Waals surface area (Å²) in [6.45, 7) is 0.804. The van der Waals surface area contributed by atoms with E-state index in [-0.39, 0.29) is 18.0 Å². The third-order valence-corrected chi connectivity index (χ3v) is 6.08. The molecule has 3 heterocycles. The van der Waals surface area contributed by atoms with Crippen molar-refractivity contribution in [1.29, 1.82) is 0 Å². The lowest BCUT2D eigenvalue weighted by atomic mass is 9.96. The number of aromatic nitrogens is 4. The number of imidazole rings is 1. The fourth-order valence-corrected chi connectivity index (χ4v) is 4.35. The van der Waals surface area contributed by atoms with Crippen LogP contribution in [0.15, 0.2) is 36.7 Å². The molecule has 1 fully saturated rings. The highest BCUT2D eigenvalue weighted by atomic mass is 16.6. The summed E-state index contributed by atoms with van der Waals surface area (Å²) in [5, 5.41) is 23.8. The number of aliphatic hydroxyl groups excluding tert-OH is 2. The zero-order chi connectivity index (χ0) is 24.1. The molecule has 34 heavy (non-hydrogen) atoms. The van der Waals surface area contributed by atoms with Gasteiger partial charge in [0.25, 0.3) is 0 Å². The van der Waals surface area contributed by atoms with Crippen molar-refractivity contribution in [3.05, 3.63) is 42.2 Å². The summed E-state index contributed by atoms with van der Waals surface area (Å²) in [4.78, 5) is 26.9. The van der Waals surface area contributed by atoms with Crippen molar-refractivity contribution in [2.24, 2.45) is 5.73 Å². The summed E-state index contributed by atoms with van der Waals surface area (Å²) in [6, 6.07) is 8.67. The number of Topliss-reactive ketones (excluding diaryl/α,β-unsaturated/α-hetero) is 1. The summed E-state index contributed by atoms with van der Waals surface area (Å²) >= 11 is 0. The number of fused-ring (bicyclic) bond motifs is 1. The minimum Gasteiger partial charge on any atom is -0.394 e. The van der Waals surface area contributed by atoms with Crippen LogP contribution in [-0.2, 0) is 10.5 Å². The second-order valence-electron chi connectivity index (χ2n) is 8.42. The Morgan fingerprint density at radius 3 is 2.68 bits per heavy atom. The van der Waals surface area contributed by atoms with Crippen LogP contribution in [0.2, 0.25) is 0 Å². The largest absolute Gasteiger partial charge is 0.394 e. The van der Waals surface area contributed by atoms with Gasteiger partial charge >= 0.3 is 0 Å². The van der Waals surface area contributed by atoms with Crippen LogP contribution in [0.25, 0.3) is 11.2 Å². The molecule has 3 atom stereocenters. The Morgan fingerprint density at radius 1 is 1.21 bits per heavy atom. The molecule has 0 radical (unpaired) electrons. The monoisotopic (exact) mass is 469 g/mol. The van der Waals surface area contributed by atoms with Gasteiger partial charge in [-0.3, -0.25) is 9.36 Å². The third-order valence-electron chi connectivity index (χ3n) is 6.08. The number of hydrogen-bond acceptors (Lipinski definition) is 10. The molecule has 0 aliphatic carbocycles. The molecule has 1 aliphatic rings. The zero-order valence-electron chi connectivity index (χ0n) is 18.9. The number of nitrogens with one attached hydrogen (secondary N) is 1. The summed E-state index contributed by atoms with van der Waals surface area (Å²) in [5.74, 6) is 0.107. The van der Waals surface area contributed by atoms with Crippen molar-refractivity contribution in [2.75, 3.05) is 30.7 Å². The number of carbonyl (C=O) groups excluding carboxylic acids is 1. The fourth-order valence-electron chi connectivity index (χ4n) is 4.35. The van der Waals surface area contributed by atoms with Crippen molar-refractivity contribution in [3.8, 4) is 0 Å². The average Bonchev–Trinajstić information content (AvgIpc) is 3.40. The molecule has 0 amide bonds. The van der Waals surface area contributed by atoms with Crippen molar-refractivity contribution >= 4 is 28.7 Å². The number of anilines is 2. The van der Waals surface area contributed by atoms with E-state index in [1.165, 1.54) is 6.33 Å². The van der Waals surface area contributed by atoms with Crippen LogP contribution in [0.5, 0.6) is 0 Å². The van der Waals surface area contributed by atoms with E-state index in [9.17, 15) is 15.0 Å². The van der Waals surface area contributed by atoms with E-state index in [0.717, 1.165) is 25.7 Å². The number of carbonyl (C=O) groups is 1. The number of ether oxygens (including phenoxy) is 1. The fraction of sp³-hybridized carbons (Fsp3) is 0.478. The van der Waals surface area contributed by atoms with Gasteiger partial charge in [0.05, 0.1) is 12.7 Å². The molecule has 1 aliphatic heterocycles. The van der Waals surface area contributed by atoms with Crippen molar-refractivity contribution in [3.63, 3.8) is 0 Å². The molecule has 1 aromatic carbocycles. The number of nitrogens with zero attached hydrogens (tertiary/aromatic N) is 4. The minimum atomic E-state index is -1.69. The van der Waals surface area contributed by atoms with Gasteiger partial charge < -0.3 is 31.7 Å². The highest BCUT2D eigenvalue weighted by molar-refractivity contribution is 6.02. The van der Waals surface area contributed by atoms with Gasteiger partial charge in [-0.25, -0.2) is 15.0 Å². The molecule has 11 nitrogen and oxygen atoms in total. The van der Waals surface area contributed by atoms with E-state index < -0.39 is 24.5 Å². The Bertz CT molecular complexity index is 1120. The standard InChI is InChI=1S/C23H31N7O4/c24-10-6-1-2-7-11-26-22-29-18-20(25)27-14-28-21(18)30(22)23(12-16(32)17(13-31)34-23)19(33)15-8-4-3-5-9-15/h3-5,8-9,14,16-17,31-32H,1-2,6-7,10-13,24H2,(H,26,29)(H2,25,27,28)/t16-,17+,23-/m0/s1. The molecule has 0 spiro atoms. The maximum atomic E-state index is 13.9. The number of nitrogens with two attached hydrogens (primary N) is 2. The topological polar surface area (TPSA) is 174 Å². The van der Waals surface area contributed by atoms with Crippen LogP contribution in [-0.4, -0.2) is 67.4 Å². The third kappa shape index (κ3) is 4.47. The van der Waals surface area contributed by atoms with Crippen LogP contribution in [0.4, 0.5) is 11.8 Å². The van der Waals surface area contributed by atoms with Crippen molar-refractivity contribution in [2.45, 2.75) is 50.0 Å². The highest BCUT2D eigenvalue weighted by Gasteiger charge is 2.54. The SMILES string of the molecule is NCCCCCCNc1nc2c(N)ncnc2n1[C@@]1(C(=O)c2ccccc2)C[C@H](O)[C@@H](CO)O1. The molecule has 11 heteroatoms. The number of benzene rings is 1. The molecule has 3 aromatic rings. The van der Waals surface area contributed by atoms with Gasteiger partial charge in [-0.1, -0.05) is 43.2 Å². The second kappa shape index (κ2) is 10.4. The predicted molar refractivity (Wildman–Crippen MR) is 127 cm³/mol. The number of nitrogen functional groups attached to an aromatic ring is 1. The Hall–Kier alpha value is -3.12. The molecule has 4 rings (SSSR count). The Kier molecular flexibility index (Phi) is 7.37. The van der Waals surface area contributed by atoms with E-state index in [4.69, 9.17) is 16.2 Å². The molecule has 182 valence electrons. The smallest absolute Gasteiger partial charge is 0.216 e. The normalized spacial score (nSPS) is 22.3. The van der Waals surface area contributed by atoms with Crippen LogP contribution < -0.4 is 16.8 Å². The molecule has 2 aromatic heterocycles. The molecule has 7 N–H and O–H groups in total. The molecule has 0 saturated carbocycles. The first-order valence-electron chi connectivity index (χ1n) is 11.5. The highest BCUT2D eigenvalue weighted by Crippen LogP contribution is 2.42. The quantitative estimate of drug-likeness (QED) is 0.201. The van der Waals surface area contributed by atoms with Gasteiger partial charge in [0.1, 0.15) is 12.4 Å². The minimum absolute atomic E-state index is 0.0908. The van der Waals surface area contributed by atoms with E-state index in [0.29, 0.717) is 35.8 Å². The molecular formula is C23H31N7O4. The summed E-state index contributed by atoms with van der Waals surface area (Å²) < 4.78 is 7.69. The van der Waals surface area contributed by atoms with E-state index in [1.54, 1.807) is 28.8 Å². The lowest BCUT2D eigenvalue weighted by Crippen LogP contribution is -2.43. The maximum Gasteiger partial charge on any atom is 0.216 e. The summed E-state index contributed by atoms with van der Waals surface area (Å²) in [6.07, 6.45) is 3.03. The number of aliphatic hydroxyl groups is 2. The summed E-state index contributed by atoms with van der Waals surface area (Å²) in [7, 11) is 0. The molecular weight excluding hydrogens is 438 g/mol. The molecule has 0 bridgehead atoms. The lowest BCUT2D eigenvalue weighted by molar-refractivity contribution is -0.0891. The van der Waals surface area contributed by atoms with E-state index >= 15 is 0 Å². The zero-order valence-corrected chi connectivity index (χ0v) is 18.9. The molecule has 1 saturated heterocycles. The van der Waals surface area contributed by atoms with E-state index in [1.807, 2.05) is 6.07 Å². The van der Waals surface area contributed by atoms with Gasteiger partial charge in [0.15, 0.2) is 17.0 Å². The lowest BCUT2D eigenvalue weighted by Gasteiger charge is -2.31. The van der Waals surface area contributed by atoms with Gasteiger partial charge in [-0.05, 0) is 19.4 Å². The first kappa shape index (κ1) is 24.0. The van der Waals surface area contributed by atoms with Crippen LogP contribution in [0, 0.1) is 0 Å². The van der Waals surface area contributed by atoms with Crippen LogP contribution >= 0.6 is 0 Å². The molecule has 0 unspecified atom stereocenters. The Morgan fingerprint density at radius 2 is 1.97 bits per heavy atom. The number of ketones is 1. The van der Waals surface area contributed by atoms with Crippen LogP contribution in [0.1, 0.15) is 42.5 Å². The second-order valence-corrected chi connectivity index (χ2v) is 8.42. The van der Waals surface area contributed by atoms with Gasteiger partial charge in [-0.2, -0.15) is 0 Å². The van der Waals surface area contributed by atoms with Crippen molar-refractivity contribution < 1.29 is 19.7 Å². The van der Waals surface area contributed by atoms with Crippen LogP contribution in [0.3, 0.4) is 0 Å². The Labute approximate surface area is 197 Å². The van der Waals surface area contributed by atoms with E-state index in [2.05, 4.69) is 20.3 Å². The predicted octanol–water partition coefficient (Wildman–Crippen LogP) is 1.02. The van der Waals surface area contributed by atoms with Gasteiger partial charge in [-0.15, -0.1) is 0 Å². The number of hydrogen-bond donors (Lipinski definition) is 5. The first-order chi connectivity index (χ1) is 16.5. The van der Waals surface area contributed by atoms with Gasteiger partial charge in [0.2, 0.25) is 17.5 Å². The first-order valence-corrected chi connectivity index (χ1v) is 11.5. The van der Waals surface area contributed by atoms with Gasteiger partial charge in [0, 0.05) is 18.5 Å². The maximum absolute atomic E-state index is 13.9. The summed E-state index contributed by atoms with van der Waals surface area (Å²) in [5.41, 5.74) is 11.0. The van der Waals surface area contributed by atoms with Crippen molar-refractivity contribution in [1.82, 2.24) is 19.5 Å². The number of unbranched alkanes of at least 4 members (excludes halogenated alkanes) is 3. The Balaban J connectivity index is 1.79.